The van der Waals surface area contributed by atoms with Crippen molar-refractivity contribution in [1.82, 2.24) is 4.98 Å². The number of rotatable bonds is 3. The zero-order valence-electron chi connectivity index (χ0n) is 10.6. The van der Waals surface area contributed by atoms with Crippen LogP contribution in [0.4, 0.5) is 10.1 Å². The Kier molecular flexibility index (Phi) is 3.90. The molecule has 1 atom stereocenters. The number of nitrogens with zero attached hydrogens (tertiary/aromatic N) is 1. The Labute approximate surface area is 116 Å². The van der Waals surface area contributed by atoms with Gasteiger partial charge < -0.3 is 10.4 Å². The molecule has 1 unspecified atom stereocenters. The van der Waals surface area contributed by atoms with Crippen molar-refractivity contribution in [2.24, 2.45) is 0 Å². The second-order valence-corrected chi connectivity index (χ2v) is 4.76. The number of phenols is 1. The van der Waals surface area contributed by atoms with Crippen LogP contribution in [0.5, 0.6) is 5.75 Å². The molecule has 100 valence electrons. The van der Waals surface area contributed by atoms with Gasteiger partial charge in [0.1, 0.15) is 16.7 Å². The molecule has 3 nitrogen and oxygen atoms in total. The van der Waals surface area contributed by atoms with E-state index in [0.717, 1.165) is 17.3 Å². The molecule has 1 heterocycles. The third kappa shape index (κ3) is 3.15. The maximum atomic E-state index is 12.9. The first-order valence-corrected chi connectivity index (χ1v) is 6.22. The lowest BCUT2D eigenvalue weighted by molar-refractivity contribution is 0.459. The van der Waals surface area contributed by atoms with Crippen LogP contribution in [-0.4, -0.2) is 10.1 Å². The number of aromatic nitrogens is 1. The summed E-state index contributed by atoms with van der Waals surface area (Å²) in [7, 11) is 0. The number of hydrogen-bond donors (Lipinski definition) is 2. The molecule has 0 aliphatic carbocycles. The molecular weight excluding hydrogens is 267 g/mol. The fraction of sp³-hybridized carbons (Fsp3) is 0.214. The summed E-state index contributed by atoms with van der Waals surface area (Å²) in [5, 5.41) is 13.4. The van der Waals surface area contributed by atoms with Gasteiger partial charge in [-0.05, 0) is 31.5 Å². The Morgan fingerprint density at radius 3 is 2.74 bits per heavy atom. The molecule has 0 amide bonds. The zero-order valence-corrected chi connectivity index (χ0v) is 11.4. The minimum Gasteiger partial charge on any atom is -0.507 e. The third-order valence-electron chi connectivity index (χ3n) is 2.86. The summed E-state index contributed by atoms with van der Waals surface area (Å²) in [6, 6.07) is 5.66. The summed E-state index contributed by atoms with van der Waals surface area (Å²) in [6.07, 6.45) is 1.62. The molecular formula is C14H14ClFN2O. The molecule has 0 spiro atoms. The Morgan fingerprint density at radius 2 is 2.11 bits per heavy atom. The van der Waals surface area contributed by atoms with Gasteiger partial charge in [0.05, 0.1) is 17.9 Å². The lowest BCUT2D eigenvalue weighted by atomic mass is 10.1. The molecule has 5 heteroatoms. The van der Waals surface area contributed by atoms with E-state index < -0.39 is 5.82 Å². The van der Waals surface area contributed by atoms with E-state index in [4.69, 9.17) is 11.6 Å². The van der Waals surface area contributed by atoms with E-state index in [1.54, 1.807) is 12.3 Å². The van der Waals surface area contributed by atoms with Gasteiger partial charge in [-0.2, -0.15) is 0 Å². The molecule has 0 fully saturated rings. The Hall–Kier alpha value is -1.81. The average Bonchev–Trinajstić information content (AvgIpc) is 2.33. The fourth-order valence-corrected chi connectivity index (χ4v) is 1.95. The number of pyridine rings is 1. The smallest absolute Gasteiger partial charge is 0.132 e. The van der Waals surface area contributed by atoms with Gasteiger partial charge in [-0.1, -0.05) is 17.7 Å². The van der Waals surface area contributed by atoms with Crippen molar-refractivity contribution in [2.45, 2.75) is 19.9 Å². The molecule has 2 N–H and O–H groups in total. The molecule has 1 aromatic carbocycles. The molecule has 0 aliphatic heterocycles. The highest BCUT2D eigenvalue weighted by Crippen LogP contribution is 2.28. The van der Waals surface area contributed by atoms with Crippen molar-refractivity contribution < 1.29 is 9.50 Å². The van der Waals surface area contributed by atoms with Crippen LogP contribution in [0.1, 0.15) is 24.1 Å². The standard InChI is InChI=1S/C14H14ClFN2O/c1-8-5-11(7-17-14(8)15)18-9(2)12-4-3-10(16)6-13(12)19/h3-7,9,18-19H,1-2H3. The van der Waals surface area contributed by atoms with Crippen molar-refractivity contribution in [3.05, 3.63) is 52.6 Å². The van der Waals surface area contributed by atoms with Crippen LogP contribution < -0.4 is 5.32 Å². The maximum absolute atomic E-state index is 12.9. The Morgan fingerprint density at radius 1 is 1.37 bits per heavy atom. The summed E-state index contributed by atoms with van der Waals surface area (Å²) in [5.74, 6) is -0.531. The Bertz CT molecular complexity index is 604. The lowest BCUT2D eigenvalue weighted by Crippen LogP contribution is -2.07. The van der Waals surface area contributed by atoms with Crippen LogP contribution in [0.15, 0.2) is 30.5 Å². The molecule has 0 saturated heterocycles. The summed E-state index contributed by atoms with van der Waals surface area (Å²) in [6.45, 7) is 3.73. The first-order chi connectivity index (χ1) is 8.97. The Balaban J connectivity index is 2.20. The van der Waals surface area contributed by atoms with Gasteiger partial charge in [0.2, 0.25) is 0 Å². The van der Waals surface area contributed by atoms with E-state index in [1.807, 2.05) is 19.9 Å². The molecule has 19 heavy (non-hydrogen) atoms. The summed E-state index contributed by atoms with van der Waals surface area (Å²) < 4.78 is 12.9. The predicted molar refractivity (Wildman–Crippen MR) is 74.1 cm³/mol. The molecule has 0 saturated carbocycles. The van der Waals surface area contributed by atoms with Gasteiger partial charge in [-0.15, -0.1) is 0 Å². The van der Waals surface area contributed by atoms with Gasteiger partial charge in [0.25, 0.3) is 0 Å². The van der Waals surface area contributed by atoms with Gasteiger partial charge in [0, 0.05) is 11.6 Å². The highest BCUT2D eigenvalue weighted by atomic mass is 35.5. The van der Waals surface area contributed by atoms with E-state index in [0.29, 0.717) is 10.7 Å². The number of anilines is 1. The molecule has 0 aliphatic rings. The van der Waals surface area contributed by atoms with Gasteiger partial charge in [-0.3, -0.25) is 0 Å². The summed E-state index contributed by atoms with van der Waals surface area (Å²) >= 11 is 5.86. The minimum absolute atomic E-state index is 0.0707. The quantitative estimate of drug-likeness (QED) is 0.834. The van der Waals surface area contributed by atoms with Crippen LogP contribution in [0.3, 0.4) is 0 Å². The fourth-order valence-electron chi connectivity index (χ4n) is 1.85. The number of phenolic OH excluding ortho intramolecular Hbond substituents is 1. The van der Waals surface area contributed by atoms with Crippen molar-refractivity contribution in [1.29, 1.82) is 0 Å². The van der Waals surface area contributed by atoms with Gasteiger partial charge >= 0.3 is 0 Å². The van der Waals surface area contributed by atoms with Crippen LogP contribution >= 0.6 is 11.6 Å². The monoisotopic (exact) mass is 280 g/mol. The van der Waals surface area contributed by atoms with Crippen molar-refractivity contribution >= 4 is 17.3 Å². The molecule has 2 aromatic rings. The number of nitrogens with one attached hydrogen (secondary N) is 1. The van der Waals surface area contributed by atoms with Gasteiger partial charge in [0.15, 0.2) is 0 Å². The topological polar surface area (TPSA) is 45.1 Å². The first kappa shape index (κ1) is 13.6. The number of benzene rings is 1. The predicted octanol–water partition coefficient (Wildman–Crippen LogP) is 4.06. The van der Waals surface area contributed by atoms with Crippen molar-refractivity contribution in [3.63, 3.8) is 0 Å². The molecule has 1 aromatic heterocycles. The van der Waals surface area contributed by atoms with Crippen LogP contribution in [-0.2, 0) is 0 Å². The van der Waals surface area contributed by atoms with E-state index in [-0.39, 0.29) is 11.8 Å². The SMILES string of the molecule is Cc1cc(NC(C)c2ccc(F)cc2O)cnc1Cl. The summed E-state index contributed by atoms with van der Waals surface area (Å²) in [4.78, 5) is 4.04. The second-order valence-electron chi connectivity index (χ2n) is 4.40. The van der Waals surface area contributed by atoms with E-state index in [1.165, 1.54) is 6.07 Å². The van der Waals surface area contributed by atoms with E-state index in [2.05, 4.69) is 10.3 Å². The third-order valence-corrected chi connectivity index (χ3v) is 3.25. The number of hydrogen-bond acceptors (Lipinski definition) is 3. The second kappa shape index (κ2) is 5.45. The summed E-state index contributed by atoms with van der Waals surface area (Å²) in [5.41, 5.74) is 2.27. The van der Waals surface area contributed by atoms with Crippen molar-refractivity contribution in [2.75, 3.05) is 5.32 Å². The van der Waals surface area contributed by atoms with Crippen LogP contribution in [0.2, 0.25) is 5.15 Å². The average molecular weight is 281 g/mol. The highest BCUT2D eigenvalue weighted by Gasteiger charge is 2.11. The number of aromatic hydroxyl groups is 1. The minimum atomic E-state index is -0.461. The normalized spacial score (nSPS) is 12.2. The van der Waals surface area contributed by atoms with E-state index in [9.17, 15) is 9.50 Å². The number of aryl methyl sites for hydroxylation is 1. The number of halogens is 2. The van der Waals surface area contributed by atoms with Gasteiger partial charge in [-0.25, -0.2) is 9.37 Å². The molecule has 0 radical (unpaired) electrons. The van der Waals surface area contributed by atoms with E-state index >= 15 is 0 Å². The van der Waals surface area contributed by atoms with Crippen LogP contribution in [0.25, 0.3) is 0 Å². The maximum Gasteiger partial charge on any atom is 0.132 e. The molecule has 0 bridgehead atoms. The first-order valence-electron chi connectivity index (χ1n) is 5.84. The zero-order chi connectivity index (χ0) is 14.0. The largest absolute Gasteiger partial charge is 0.507 e. The highest BCUT2D eigenvalue weighted by molar-refractivity contribution is 6.30. The van der Waals surface area contributed by atoms with Crippen molar-refractivity contribution in [3.8, 4) is 5.75 Å². The lowest BCUT2D eigenvalue weighted by Gasteiger charge is -2.17. The molecule has 2 rings (SSSR count). The van der Waals surface area contributed by atoms with Crippen LogP contribution in [0, 0.1) is 12.7 Å².